The fourth-order valence-electron chi connectivity index (χ4n) is 1.71. The van der Waals surface area contributed by atoms with Gasteiger partial charge in [-0.3, -0.25) is 4.99 Å². The number of methoxy groups -OCH3 is 1. The van der Waals surface area contributed by atoms with Crippen molar-refractivity contribution in [2.75, 3.05) is 7.11 Å². The Kier molecular flexibility index (Phi) is 9.50. The number of halogens is 1. The van der Waals surface area contributed by atoms with E-state index < -0.39 is 0 Å². The van der Waals surface area contributed by atoms with Crippen LogP contribution in [0.5, 0.6) is 0 Å². The van der Waals surface area contributed by atoms with E-state index in [1.54, 1.807) is 19.2 Å². The van der Waals surface area contributed by atoms with Crippen LogP contribution in [0.15, 0.2) is 35.8 Å². The van der Waals surface area contributed by atoms with Gasteiger partial charge in [0.1, 0.15) is 5.82 Å². The summed E-state index contributed by atoms with van der Waals surface area (Å²) in [6.45, 7) is 11.7. The van der Waals surface area contributed by atoms with Crippen LogP contribution < -0.4 is 5.73 Å². The number of aliphatic imine (C=N–C) groups is 1. The summed E-state index contributed by atoms with van der Waals surface area (Å²) >= 11 is 0. The predicted octanol–water partition coefficient (Wildman–Crippen LogP) is 4.28. The maximum atomic E-state index is 13.2. The molecule has 0 unspecified atom stereocenters. The fraction of sp³-hybridized carbons (Fsp3) is 0.471. The maximum Gasteiger partial charge on any atom is 0.123 e. The van der Waals surface area contributed by atoms with Gasteiger partial charge in [0, 0.05) is 19.8 Å². The minimum absolute atomic E-state index is 0. The molecule has 0 aliphatic carbocycles. The summed E-state index contributed by atoms with van der Waals surface area (Å²) in [6, 6.07) is 5.91. The van der Waals surface area contributed by atoms with E-state index in [2.05, 4.69) is 11.6 Å². The van der Waals surface area contributed by atoms with Gasteiger partial charge in [-0.05, 0) is 25.5 Å². The zero-order valence-corrected chi connectivity index (χ0v) is 13.7. The van der Waals surface area contributed by atoms with Gasteiger partial charge in [-0.1, -0.05) is 39.5 Å². The smallest absolute Gasteiger partial charge is 0.123 e. The van der Waals surface area contributed by atoms with E-state index in [1.165, 1.54) is 12.1 Å². The van der Waals surface area contributed by atoms with Crippen LogP contribution in [0, 0.1) is 5.82 Å². The molecule has 0 bridgehead atoms. The molecule has 0 heterocycles. The van der Waals surface area contributed by atoms with E-state index in [0.717, 1.165) is 5.71 Å². The second-order valence-electron chi connectivity index (χ2n) is 4.38. The van der Waals surface area contributed by atoms with Crippen molar-refractivity contribution in [1.29, 1.82) is 0 Å². The molecule has 2 atom stereocenters. The quantitative estimate of drug-likeness (QED) is 0.796. The molecule has 0 radical (unpaired) electrons. The molecule has 0 saturated heterocycles. The zero-order chi connectivity index (χ0) is 16.4. The fourth-order valence-corrected chi connectivity index (χ4v) is 1.71. The van der Waals surface area contributed by atoms with Crippen molar-refractivity contribution in [3.05, 3.63) is 42.2 Å². The van der Waals surface area contributed by atoms with E-state index in [4.69, 9.17) is 10.5 Å². The molecular formula is C17H29FN2O. The van der Waals surface area contributed by atoms with Crippen molar-refractivity contribution in [3.63, 3.8) is 0 Å². The molecule has 1 rings (SSSR count). The predicted molar refractivity (Wildman–Crippen MR) is 91.1 cm³/mol. The number of rotatable bonds is 6. The van der Waals surface area contributed by atoms with E-state index in [9.17, 15) is 4.39 Å². The molecule has 0 fully saturated rings. The molecular weight excluding hydrogens is 267 g/mol. The van der Waals surface area contributed by atoms with Crippen LogP contribution in [0.2, 0.25) is 0 Å². The Morgan fingerprint density at radius 1 is 1.48 bits per heavy atom. The van der Waals surface area contributed by atoms with Crippen LogP contribution in [0.1, 0.15) is 41.1 Å². The number of hydrogen-bond donors (Lipinski definition) is 1. The SMILES string of the molecule is C=C(N=C(CC)[C@H](N)[C@@H](C)OC)c1cccc(F)c1.CC.[HH]. The molecule has 0 aliphatic rings. The molecule has 21 heavy (non-hydrogen) atoms. The molecule has 3 nitrogen and oxygen atoms in total. The standard InChI is InChI=1S/C15H21FN2O.C2H6.H2/c1-5-14(15(17)11(3)19-4)18-10(2)12-7-6-8-13(16)9-12;1-2;/h6-9,11,15H,2,5,17H2,1,3-4H3;1-2H3;1H/t11-,15-;;/m1../s1. The van der Waals surface area contributed by atoms with Crippen LogP contribution in [-0.2, 0) is 4.74 Å². The average Bonchev–Trinajstić information content (AvgIpc) is 2.52. The van der Waals surface area contributed by atoms with Gasteiger partial charge in [-0.15, -0.1) is 0 Å². The van der Waals surface area contributed by atoms with Crippen LogP contribution >= 0.6 is 0 Å². The van der Waals surface area contributed by atoms with Gasteiger partial charge in [-0.25, -0.2) is 4.39 Å². The first-order valence-corrected chi connectivity index (χ1v) is 7.30. The molecule has 2 N–H and O–H groups in total. The summed E-state index contributed by atoms with van der Waals surface area (Å²) in [7, 11) is 1.61. The van der Waals surface area contributed by atoms with Gasteiger partial charge in [-0.2, -0.15) is 0 Å². The summed E-state index contributed by atoms with van der Waals surface area (Å²) in [5.74, 6) is -0.304. The van der Waals surface area contributed by atoms with Crippen molar-refractivity contribution >= 4 is 11.4 Å². The van der Waals surface area contributed by atoms with E-state index in [0.29, 0.717) is 17.7 Å². The highest BCUT2D eigenvalue weighted by Crippen LogP contribution is 2.16. The second kappa shape index (κ2) is 10.2. The number of nitrogens with zero attached hydrogens (tertiary/aromatic N) is 1. The first-order valence-electron chi connectivity index (χ1n) is 7.30. The third-order valence-electron chi connectivity index (χ3n) is 3.06. The summed E-state index contributed by atoms with van der Waals surface area (Å²) in [4.78, 5) is 4.43. The highest BCUT2D eigenvalue weighted by atomic mass is 19.1. The summed E-state index contributed by atoms with van der Waals surface area (Å²) in [5, 5.41) is 0. The van der Waals surface area contributed by atoms with E-state index >= 15 is 0 Å². The first kappa shape index (κ1) is 19.5. The van der Waals surface area contributed by atoms with Crippen LogP contribution in [0.4, 0.5) is 4.39 Å². The van der Waals surface area contributed by atoms with E-state index in [1.807, 2.05) is 27.7 Å². The van der Waals surface area contributed by atoms with Gasteiger partial charge in [0.2, 0.25) is 0 Å². The monoisotopic (exact) mass is 296 g/mol. The van der Waals surface area contributed by atoms with Crippen LogP contribution in [-0.4, -0.2) is 25.0 Å². The Hall–Kier alpha value is -1.52. The molecule has 1 aromatic carbocycles. The lowest BCUT2D eigenvalue weighted by molar-refractivity contribution is 0.112. The number of hydrogen-bond acceptors (Lipinski definition) is 3. The van der Waals surface area contributed by atoms with Gasteiger partial charge in [0.15, 0.2) is 0 Å². The Labute approximate surface area is 129 Å². The summed E-state index contributed by atoms with van der Waals surface area (Å²) < 4.78 is 18.4. The number of benzene rings is 1. The molecule has 0 spiro atoms. The first-order chi connectivity index (χ1) is 9.99. The normalized spacial score (nSPS) is 14.0. The van der Waals surface area contributed by atoms with Gasteiger partial charge < -0.3 is 10.5 Å². The second-order valence-corrected chi connectivity index (χ2v) is 4.38. The van der Waals surface area contributed by atoms with Crippen molar-refractivity contribution in [2.24, 2.45) is 10.7 Å². The third kappa shape index (κ3) is 6.19. The number of ether oxygens (including phenoxy) is 1. The zero-order valence-electron chi connectivity index (χ0n) is 13.7. The molecule has 1 aromatic rings. The molecule has 0 aliphatic heterocycles. The minimum atomic E-state index is -0.304. The van der Waals surface area contributed by atoms with Gasteiger partial charge in [0.05, 0.1) is 17.8 Å². The Bertz CT molecular complexity index is 477. The lowest BCUT2D eigenvalue weighted by Crippen LogP contribution is -2.41. The van der Waals surface area contributed by atoms with Crippen LogP contribution in [0.3, 0.4) is 0 Å². The van der Waals surface area contributed by atoms with Crippen molar-refractivity contribution in [2.45, 2.75) is 46.3 Å². The van der Waals surface area contributed by atoms with Gasteiger partial charge >= 0.3 is 0 Å². The molecule has 120 valence electrons. The molecule has 0 saturated carbocycles. The summed E-state index contributed by atoms with van der Waals surface area (Å²) in [6.07, 6.45) is 0.572. The van der Waals surface area contributed by atoms with E-state index in [-0.39, 0.29) is 19.4 Å². The third-order valence-corrected chi connectivity index (χ3v) is 3.06. The highest BCUT2D eigenvalue weighted by molar-refractivity contribution is 5.93. The van der Waals surface area contributed by atoms with Crippen molar-refractivity contribution in [3.8, 4) is 0 Å². The molecule has 0 aromatic heterocycles. The van der Waals surface area contributed by atoms with Crippen molar-refractivity contribution < 1.29 is 10.6 Å². The van der Waals surface area contributed by atoms with Crippen molar-refractivity contribution in [1.82, 2.24) is 0 Å². The largest absolute Gasteiger partial charge is 0.380 e. The molecule has 0 amide bonds. The van der Waals surface area contributed by atoms with Gasteiger partial charge in [0.25, 0.3) is 0 Å². The Morgan fingerprint density at radius 3 is 2.57 bits per heavy atom. The average molecular weight is 296 g/mol. The summed E-state index contributed by atoms with van der Waals surface area (Å²) in [5.41, 5.74) is 8.03. The lowest BCUT2D eigenvalue weighted by atomic mass is 10.0. The highest BCUT2D eigenvalue weighted by Gasteiger charge is 2.17. The van der Waals surface area contributed by atoms with Crippen LogP contribution in [0.25, 0.3) is 5.70 Å². The molecule has 4 heteroatoms. The minimum Gasteiger partial charge on any atom is -0.380 e. The Balaban J connectivity index is 0. The Morgan fingerprint density at radius 2 is 2.10 bits per heavy atom. The maximum absolute atomic E-state index is 13.2. The topological polar surface area (TPSA) is 47.6 Å². The lowest BCUT2D eigenvalue weighted by Gasteiger charge is -2.20. The number of nitrogens with two attached hydrogens (primary N) is 1.